The van der Waals surface area contributed by atoms with Gasteiger partial charge in [0.05, 0.1) is 5.56 Å². The summed E-state index contributed by atoms with van der Waals surface area (Å²) in [5.74, 6) is -2.62. The van der Waals surface area contributed by atoms with E-state index >= 15 is 0 Å². The lowest BCUT2D eigenvalue weighted by Crippen LogP contribution is -2.43. The quantitative estimate of drug-likeness (QED) is 0.250. The van der Waals surface area contributed by atoms with E-state index in [2.05, 4.69) is 30.9 Å². The van der Waals surface area contributed by atoms with E-state index < -0.39 is 29.4 Å². The van der Waals surface area contributed by atoms with Crippen LogP contribution in [-0.2, 0) is 12.7 Å². The summed E-state index contributed by atoms with van der Waals surface area (Å²) < 4.78 is 53.9. The summed E-state index contributed by atoms with van der Waals surface area (Å²) in [6.07, 6.45) is -1.81. The maximum absolute atomic E-state index is 13.9. The standard InChI is InChI=1S/C27H31F4N5O2/c1-26(2,3)19-9-11-20(12-10-19)36(24(38)18-8-13-22(28)21(14-18)27(29,30)31)15-16-4-6-17(7-5-16)23(37)34-25(32)35-33/h4-8,13-14,19-20,33H,9-12,15H2,1-3H3,(H2,32,34,37)/p+1. The first kappa shape index (κ1) is 28.9. The first-order chi connectivity index (χ1) is 17.7. The molecule has 2 aromatic carbocycles. The molecule has 7 nitrogen and oxygen atoms in total. The molecule has 0 saturated heterocycles. The molecule has 2 amide bonds. The molecule has 0 aromatic heterocycles. The summed E-state index contributed by atoms with van der Waals surface area (Å²) in [5, 5.41) is 3.13. The maximum atomic E-state index is 13.9. The highest BCUT2D eigenvalue weighted by molar-refractivity contribution is 6.02. The lowest BCUT2D eigenvalue weighted by molar-refractivity contribution is -0.207. The van der Waals surface area contributed by atoms with Gasteiger partial charge in [-0.15, -0.1) is 5.53 Å². The third-order valence-corrected chi connectivity index (χ3v) is 7.04. The first-order valence-electron chi connectivity index (χ1n) is 12.3. The van der Waals surface area contributed by atoms with Gasteiger partial charge in [-0.3, -0.25) is 9.59 Å². The molecule has 0 atom stereocenters. The monoisotopic (exact) mass is 534 g/mol. The lowest BCUT2D eigenvalue weighted by atomic mass is 9.71. The van der Waals surface area contributed by atoms with E-state index in [-0.39, 0.29) is 35.1 Å². The van der Waals surface area contributed by atoms with Gasteiger partial charge in [-0.05, 0) is 72.9 Å². The van der Waals surface area contributed by atoms with Crippen molar-refractivity contribution in [2.75, 3.05) is 0 Å². The van der Waals surface area contributed by atoms with Gasteiger partial charge in [0.15, 0.2) is 0 Å². The molecule has 0 spiro atoms. The van der Waals surface area contributed by atoms with Crippen LogP contribution in [0.15, 0.2) is 52.6 Å². The van der Waals surface area contributed by atoms with Crippen LogP contribution < -0.4 is 11.3 Å². The number of rotatable bonds is 5. The molecule has 1 saturated carbocycles. The van der Waals surface area contributed by atoms with Crippen LogP contribution in [0.2, 0.25) is 0 Å². The number of aliphatic imine (C=N–C) groups is 1. The molecule has 1 aliphatic carbocycles. The Balaban J connectivity index is 1.90. The number of guanidine groups is 1. The van der Waals surface area contributed by atoms with Gasteiger partial charge < -0.3 is 10.6 Å². The molecule has 4 N–H and O–H groups in total. The second-order valence-electron chi connectivity index (χ2n) is 10.6. The largest absolute Gasteiger partial charge is 0.419 e. The van der Waals surface area contributed by atoms with Gasteiger partial charge in [-0.25, -0.2) is 4.39 Å². The van der Waals surface area contributed by atoms with E-state index in [1.807, 2.05) is 0 Å². The van der Waals surface area contributed by atoms with E-state index in [1.165, 1.54) is 12.1 Å². The summed E-state index contributed by atoms with van der Waals surface area (Å²) in [4.78, 5) is 30.8. The van der Waals surface area contributed by atoms with Gasteiger partial charge in [0, 0.05) is 28.8 Å². The van der Waals surface area contributed by atoms with E-state index in [0.29, 0.717) is 36.5 Å². The van der Waals surface area contributed by atoms with E-state index in [4.69, 9.17) is 11.3 Å². The molecule has 0 heterocycles. The summed E-state index contributed by atoms with van der Waals surface area (Å²) in [5.41, 5.74) is 9.62. The van der Waals surface area contributed by atoms with Crippen LogP contribution in [0.1, 0.15) is 78.3 Å². The topological polar surface area (TPSA) is 114 Å². The second-order valence-corrected chi connectivity index (χ2v) is 10.6. The molecule has 2 aromatic rings. The number of nitrogens with zero attached hydrogens (tertiary/aromatic N) is 3. The smallest absolute Gasteiger partial charge is 0.363 e. The minimum atomic E-state index is -4.93. The maximum Gasteiger partial charge on any atom is 0.419 e. The highest BCUT2D eigenvalue weighted by atomic mass is 19.4. The van der Waals surface area contributed by atoms with Crippen LogP contribution in [0.4, 0.5) is 17.6 Å². The Kier molecular flexibility index (Phi) is 8.68. The van der Waals surface area contributed by atoms with Crippen molar-refractivity contribution in [1.29, 1.82) is 0 Å². The van der Waals surface area contributed by atoms with Crippen molar-refractivity contribution >= 4 is 17.8 Å². The molecule has 1 fully saturated rings. The minimum absolute atomic E-state index is 0.0976. The van der Waals surface area contributed by atoms with Gasteiger partial charge in [0.1, 0.15) is 5.82 Å². The molecule has 204 valence electrons. The number of carbonyl (C=O) groups is 2. The summed E-state index contributed by atoms with van der Waals surface area (Å²) in [7, 11) is 0. The van der Waals surface area contributed by atoms with Crippen LogP contribution in [0, 0.1) is 17.2 Å². The van der Waals surface area contributed by atoms with Gasteiger partial charge in [0.25, 0.3) is 17.8 Å². The van der Waals surface area contributed by atoms with Crippen molar-refractivity contribution in [2.45, 2.75) is 65.2 Å². The number of halogens is 4. The normalized spacial score (nSPS) is 18.7. The van der Waals surface area contributed by atoms with E-state index in [1.54, 1.807) is 17.0 Å². The highest BCUT2D eigenvalue weighted by Gasteiger charge is 2.37. The van der Waals surface area contributed by atoms with Crippen molar-refractivity contribution in [3.05, 3.63) is 70.5 Å². The Bertz CT molecular complexity index is 1210. The third-order valence-electron chi connectivity index (χ3n) is 7.04. The molecule has 0 bridgehead atoms. The van der Waals surface area contributed by atoms with Gasteiger partial charge >= 0.3 is 6.18 Å². The molecule has 0 aliphatic heterocycles. The number of hydrogen-bond donors (Lipinski definition) is 2. The number of benzene rings is 2. The predicted octanol–water partition coefficient (Wildman–Crippen LogP) is 4.76. The van der Waals surface area contributed by atoms with Crippen LogP contribution >= 0.6 is 0 Å². The molecule has 3 rings (SSSR count). The molecular weight excluding hydrogens is 502 g/mol. The van der Waals surface area contributed by atoms with Crippen molar-refractivity contribution in [3.63, 3.8) is 0 Å². The summed E-state index contributed by atoms with van der Waals surface area (Å²) >= 11 is 0. The Hall–Kier alpha value is -3.63. The van der Waals surface area contributed by atoms with Crippen LogP contribution in [0.25, 0.3) is 0 Å². The lowest BCUT2D eigenvalue weighted by Gasteiger charge is -2.41. The minimum Gasteiger partial charge on any atom is -0.363 e. The molecule has 0 radical (unpaired) electrons. The fraction of sp³-hybridized carbons (Fsp3) is 0.444. The van der Waals surface area contributed by atoms with Crippen molar-refractivity contribution in [1.82, 2.24) is 4.90 Å². The number of amides is 2. The molecule has 11 heteroatoms. The Labute approximate surface area is 218 Å². The van der Waals surface area contributed by atoms with Gasteiger partial charge in [-0.2, -0.15) is 18.2 Å². The predicted molar refractivity (Wildman–Crippen MR) is 133 cm³/mol. The molecular formula is C27H32F4N5O2+. The van der Waals surface area contributed by atoms with Crippen LogP contribution in [-0.4, -0.2) is 28.7 Å². The SMILES string of the molecule is CC(C)(C)C1CCC(N(Cc2ccc(C(=O)N=C(N)N=[NH2+])cc2)C(=O)c2ccc(F)c(C(F)(F)F)c2)CC1. The number of nitrogens with two attached hydrogens (primary N) is 2. The van der Waals surface area contributed by atoms with E-state index in [9.17, 15) is 27.2 Å². The van der Waals surface area contributed by atoms with Crippen LogP contribution in [0.3, 0.4) is 0 Å². The Morgan fingerprint density at radius 3 is 2.11 bits per heavy atom. The van der Waals surface area contributed by atoms with Crippen molar-refractivity contribution in [2.24, 2.45) is 27.2 Å². The third kappa shape index (κ3) is 7.02. The average molecular weight is 535 g/mol. The summed E-state index contributed by atoms with van der Waals surface area (Å²) in [6, 6.07) is 8.37. The average Bonchev–Trinajstić information content (AvgIpc) is 2.86. The van der Waals surface area contributed by atoms with Crippen molar-refractivity contribution in [3.8, 4) is 0 Å². The zero-order chi connectivity index (χ0) is 28.3. The fourth-order valence-electron chi connectivity index (χ4n) is 4.81. The number of carbonyl (C=O) groups excluding carboxylic acids is 2. The first-order valence-corrected chi connectivity index (χ1v) is 12.3. The molecule has 1 aliphatic rings. The molecule has 38 heavy (non-hydrogen) atoms. The Morgan fingerprint density at radius 2 is 1.58 bits per heavy atom. The zero-order valence-corrected chi connectivity index (χ0v) is 21.6. The fourth-order valence-corrected chi connectivity index (χ4v) is 4.81. The van der Waals surface area contributed by atoms with Crippen molar-refractivity contribution < 1.29 is 32.7 Å². The van der Waals surface area contributed by atoms with Gasteiger partial charge in [0.2, 0.25) is 0 Å². The second kappa shape index (κ2) is 11.4. The number of hydrogen-bond acceptors (Lipinski definition) is 2. The Morgan fingerprint density at radius 1 is 1.00 bits per heavy atom. The van der Waals surface area contributed by atoms with Crippen LogP contribution in [0.5, 0.6) is 0 Å². The number of alkyl halides is 3. The summed E-state index contributed by atoms with van der Waals surface area (Å²) in [6.45, 7) is 6.60. The highest BCUT2D eigenvalue weighted by Crippen LogP contribution is 2.40. The molecule has 0 unspecified atom stereocenters. The van der Waals surface area contributed by atoms with Gasteiger partial charge in [-0.1, -0.05) is 32.9 Å². The zero-order valence-electron chi connectivity index (χ0n) is 21.6. The van der Waals surface area contributed by atoms with E-state index in [0.717, 1.165) is 18.9 Å².